The monoisotopic (exact) mass is 295 g/mol. The van der Waals surface area contributed by atoms with Gasteiger partial charge in [-0.25, -0.2) is 0 Å². The molecular weight excluding hydrogens is 270 g/mol. The SMILES string of the molecule is Cc1ccccc1C(=O)Nc1ccccc1CCC(C)(C)C. The van der Waals surface area contributed by atoms with E-state index in [0.29, 0.717) is 0 Å². The van der Waals surface area contributed by atoms with Crippen LogP contribution in [0.1, 0.15) is 48.7 Å². The summed E-state index contributed by atoms with van der Waals surface area (Å²) in [6, 6.07) is 15.7. The number of para-hydroxylation sites is 1. The van der Waals surface area contributed by atoms with Gasteiger partial charge < -0.3 is 5.32 Å². The van der Waals surface area contributed by atoms with Crippen molar-refractivity contribution in [1.82, 2.24) is 0 Å². The molecule has 0 aliphatic rings. The van der Waals surface area contributed by atoms with Crippen molar-refractivity contribution in [2.24, 2.45) is 5.41 Å². The van der Waals surface area contributed by atoms with Gasteiger partial charge in [0.1, 0.15) is 0 Å². The van der Waals surface area contributed by atoms with E-state index in [1.807, 2.05) is 49.4 Å². The van der Waals surface area contributed by atoms with Gasteiger partial charge in [-0.2, -0.15) is 0 Å². The minimum Gasteiger partial charge on any atom is -0.322 e. The third-order valence-electron chi connectivity index (χ3n) is 3.80. The maximum absolute atomic E-state index is 12.5. The average Bonchev–Trinajstić information content (AvgIpc) is 2.46. The molecule has 116 valence electrons. The van der Waals surface area contributed by atoms with Crippen LogP contribution in [0.3, 0.4) is 0 Å². The molecule has 0 spiro atoms. The molecule has 0 atom stereocenters. The van der Waals surface area contributed by atoms with E-state index in [1.165, 1.54) is 5.56 Å². The highest BCUT2D eigenvalue weighted by Gasteiger charge is 2.14. The molecule has 2 aromatic rings. The fourth-order valence-electron chi connectivity index (χ4n) is 2.39. The van der Waals surface area contributed by atoms with Crippen molar-refractivity contribution in [3.63, 3.8) is 0 Å². The van der Waals surface area contributed by atoms with Crippen LogP contribution < -0.4 is 5.32 Å². The number of hydrogen-bond donors (Lipinski definition) is 1. The number of nitrogens with one attached hydrogen (secondary N) is 1. The lowest BCUT2D eigenvalue weighted by Gasteiger charge is -2.19. The molecule has 0 saturated carbocycles. The van der Waals surface area contributed by atoms with Gasteiger partial charge in [0.15, 0.2) is 0 Å². The molecule has 22 heavy (non-hydrogen) atoms. The van der Waals surface area contributed by atoms with Crippen LogP contribution in [0.25, 0.3) is 0 Å². The zero-order valence-electron chi connectivity index (χ0n) is 13.9. The van der Waals surface area contributed by atoms with Crippen molar-refractivity contribution >= 4 is 11.6 Å². The normalized spacial score (nSPS) is 11.3. The second-order valence-electron chi connectivity index (χ2n) is 6.99. The minimum atomic E-state index is -0.0405. The van der Waals surface area contributed by atoms with Crippen molar-refractivity contribution < 1.29 is 4.79 Å². The van der Waals surface area contributed by atoms with Crippen LogP contribution in [0.5, 0.6) is 0 Å². The van der Waals surface area contributed by atoms with Gasteiger partial charge in [0.2, 0.25) is 0 Å². The number of amides is 1. The largest absolute Gasteiger partial charge is 0.322 e. The highest BCUT2D eigenvalue weighted by Crippen LogP contribution is 2.25. The first kappa shape index (κ1) is 16.3. The standard InChI is InChI=1S/C20H25NO/c1-15-9-5-7-11-17(15)19(22)21-18-12-8-6-10-16(18)13-14-20(2,3)4/h5-12H,13-14H2,1-4H3,(H,21,22). The molecule has 0 heterocycles. The van der Waals surface area contributed by atoms with E-state index in [9.17, 15) is 4.79 Å². The van der Waals surface area contributed by atoms with Crippen LogP contribution in [0.15, 0.2) is 48.5 Å². The van der Waals surface area contributed by atoms with Gasteiger partial charge in [0, 0.05) is 11.3 Å². The smallest absolute Gasteiger partial charge is 0.255 e. The fourth-order valence-corrected chi connectivity index (χ4v) is 2.39. The fraction of sp³-hybridized carbons (Fsp3) is 0.350. The predicted octanol–water partition coefficient (Wildman–Crippen LogP) is 5.23. The summed E-state index contributed by atoms with van der Waals surface area (Å²) >= 11 is 0. The summed E-state index contributed by atoms with van der Waals surface area (Å²) < 4.78 is 0. The molecule has 0 unspecified atom stereocenters. The van der Waals surface area contributed by atoms with E-state index in [2.05, 4.69) is 32.2 Å². The van der Waals surface area contributed by atoms with E-state index in [-0.39, 0.29) is 11.3 Å². The van der Waals surface area contributed by atoms with E-state index in [4.69, 9.17) is 0 Å². The zero-order chi connectivity index (χ0) is 16.2. The number of benzene rings is 2. The molecule has 0 bridgehead atoms. The molecule has 2 aromatic carbocycles. The summed E-state index contributed by atoms with van der Waals surface area (Å²) in [5, 5.41) is 3.06. The molecule has 0 saturated heterocycles. The first-order valence-electron chi connectivity index (χ1n) is 7.82. The molecule has 1 amide bonds. The zero-order valence-corrected chi connectivity index (χ0v) is 13.9. The second-order valence-corrected chi connectivity index (χ2v) is 6.99. The molecule has 0 aliphatic heterocycles. The van der Waals surface area contributed by atoms with Gasteiger partial charge in [0.25, 0.3) is 5.91 Å². The highest BCUT2D eigenvalue weighted by atomic mass is 16.1. The summed E-state index contributed by atoms with van der Waals surface area (Å²) in [5.74, 6) is -0.0405. The average molecular weight is 295 g/mol. The summed E-state index contributed by atoms with van der Waals surface area (Å²) in [6.07, 6.45) is 2.05. The third kappa shape index (κ3) is 4.45. The molecule has 2 heteroatoms. The van der Waals surface area contributed by atoms with E-state index >= 15 is 0 Å². The van der Waals surface area contributed by atoms with Gasteiger partial charge in [-0.1, -0.05) is 57.2 Å². The van der Waals surface area contributed by atoms with Gasteiger partial charge in [-0.05, 0) is 48.4 Å². The van der Waals surface area contributed by atoms with Crippen molar-refractivity contribution in [2.45, 2.75) is 40.5 Å². The Labute approximate surface area is 133 Å². The molecule has 0 aromatic heterocycles. The van der Waals surface area contributed by atoms with Crippen LogP contribution in [-0.2, 0) is 6.42 Å². The topological polar surface area (TPSA) is 29.1 Å². The maximum Gasteiger partial charge on any atom is 0.255 e. The molecular formula is C20H25NO. The van der Waals surface area contributed by atoms with Crippen LogP contribution in [0, 0.1) is 12.3 Å². The number of aryl methyl sites for hydroxylation is 2. The Balaban J connectivity index is 2.16. The minimum absolute atomic E-state index is 0.0405. The molecule has 2 nitrogen and oxygen atoms in total. The first-order valence-corrected chi connectivity index (χ1v) is 7.82. The van der Waals surface area contributed by atoms with E-state index < -0.39 is 0 Å². The molecule has 1 N–H and O–H groups in total. The number of anilines is 1. The van der Waals surface area contributed by atoms with Crippen LogP contribution >= 0.6 is 0 Å². The van der Waals surface area contributed by atoms with Gasteiger partial charge in [-0.15, -0.1) is 0 Å². The number of carbonyl (C=O) groups excluding carboxylic acids is 1. The Hall–Kier alpha value is -2.09. The lowest BCUT2D eigenvalue weighted by molar-refractivity contribution is 0.102. The maximum atomic E-state index is 12.5. The van der Waals surface area contributed by atoms with Crippen LogP contribution in [0.2, 0.25) is 0 Å². The number of rotatable bonds is 4. The molecule has 0 radical (unpaired) electrons. The van der Waals surface area contributed by atoms with Gasteiger partial charge >= 0.3 is 0 Å². The first-order chi connectivity index (χ1) is 10.4. The molecule has 0 fully saturated rings. The van der Waals surface area contributed by atoms with Gasteiger partial charge in [0.05, 0.1) is 0 Å². The Bertz CT molecular complexity index is 653. The number of carbonyl (C=O) groups is 1. The van der Waals surface area contributed by atoms with Crippen molar-refractivity contribution in [3.8, 4) is 0 Å². The molecule has 0 aliphatic carbocycles. The van der Waals surface area contributed by atoms with Crippen molar-refractivity contribution in [3.05, 3.63) is 65.2 Å². The van der Waals surface area contributed by atoms with Crippen molar-refractivity contribution in [2.75, 3.05) is 5.32 Å². The lowest BCUT2D eigenvalue weighted by Crippen LogP contribution is -2.15. The lowest BCUT2D eigenvalue weighted by atomic mass is 9.88. The third-order valence-corrected chi connectivity index (χ3v) is 3.80. The van der Waals surface area contributed by atoms with E-state index in [0.717, 1.165) is 29.7 Å². The predicted molar refractivity (Wildman–Crippen MR) is 93.4 cm³/mol. The summed E-state index contributed by atoms with van der Waals surface area (Å²) in [4.78, 5) is 12.5. The Morgan fingerprint density at radius 1 is 1.00 bits per heavy atom. The highest BCUT2D eigenvalue weighted by molar-refractivity contribution is 6.05. The quantitative estimate of drug-likeness (QED) is 0.822. The molecule has 2 rings (SSSR count). The number of hydrogen-bond acceptors (Lipinski definition) is 1. The summed E-state index contributed by atoms with van der Waals surface area (Å²) in [5.41, 5.74) is 4.12. The van der Waals surface area contributed by atoms with E-state index in [1.54, 1.807) is 0 Å². The Morgan fingerprint density at radius 2 is 1.64 bits per heavy atom. The Morgan fingerprint density at radius 3 is 2.32 bits per heavy atom. The van der Waals surface area contributed by atoms with Crippen LogP contribution in [0.4, 0.5) is 5.69 Å². The second kappa shape index (κ2) is 6.78. The van der Waals surface area contributed by atoms with Gasteiger partial charge in [-0.3, -0.25) is 4.79 Å². The summed E-state index contributed by atoms with van der Waals surface area (Å²) in [6.45, 7) is 8.67. The van der Waals surface area contributed by atoms with Crippen molar-refractivity contribution in [1.29, 1.82) is 0 Å². The summed E-state index contributed by atoms with van der Waals surface area (Å²) in [7, 11) is 0. The van der Waals surface area contributed by atoms with Crippen LogP contribution in [-0.4, -0.2) is 5.91 Å². The Kier molecular flexibility index (Phi) is 5.02.